The standard InChI is InChI=1S/C24H25Br2N3O4/c1-4-5-6-22-28-20-9-7-18(26)12-19(20)24(31)29(22)27-13-16-11-17(25)8-10-21(16)32-14-23(30)33-15(2)3/h7-13,15H,4-6,14H2,1-3H3. The van der Waals surface area contributed by atoms with Crippen molar-refractivity contribution in [2.75, 3.05) is 6.61 Å². The minimum Gasteiger partial charge on any atom is -0.481 e. The zero-order chi connectivity index (χ0) is 24.0. The van der Waals surface area contributed by atoms with E-state index in [4.69, 9.17) is 9.47 Å². The minimum atomic E-state index is -0.460. The number of hydrogen-bond acceptors (Lipinski definition) is 6. The lowest BCUT2D eigenvalue weighted by molar-refractivity contribution is -0.149. The van der Waals surface area contributed by atoms with Crippen molar-refractivity contribution in [3.05, 3.63) is 67.1 Å². The van der Waals surface area contributed by atoms with Gasteiger partial charge in [-0.1, -0.05) is 45.2 Å². The molecule has 0 aliphatic heterocycles. The summed E-state index contributed by atoms with van der Waals surface area (Å²) in [5, 5.41) is 4.95. The van der Waals surface area contributed by atoms with Crippen molar-refractivity contribution in [3.63, 3.8) is 0 Å². The number of aromatic nitrogens is 2. The summed E-state index contributed by atoms with van der Waals surface area (Å²) in [5.41, 5.74) is 0.988. The second-order valence-electron chi connectivity index (χ2n) is 7.66. The number of rotatable bonds is 9. The molecule has 0 radical (unpaired) electrons. The van der Waals surface area contributed by atoms with Crippen LogP contribution in [0.1, 0.15) is 45.0 Å². The Labute approximate surface area is 209 Å². The predicted molar refractivity (Wildman–Crippen MR) is 136 cm³/mol. The summed E-state index contributed by atoms with van der Waals surface area (Å²) in [6.45, 7) is 5.41. The van der Waals surface area contributed by atoms with E-state index in [1.165, 1.54) is 10.9 Å². The highest BCUT2D eigenvalue weighted by atomic mass is 79.9. The molecule has 1 heterocycles. The summed E-state index contributed by atoms with van der Waals surface area (Å²) in [7, 11) is 0. The summed E-state index contributed by atoms with van der Waals surface area (Å²) >= 11 is 6.86. The first-order valence-electron chi connectivity index (χ1n) is 10.7. The van der Waals surface area contributed by atoms with Crippen LogP contribution in [0.5, 0.6) is 5.75 Å². The Hall–Kier alpha value is -2.52. The third kappa shape index (κ3) is 6.74. The van der Waals surface area contributed by atoms with Crippen molar-refractivity contribution >= 4 is 54.9 Å². The molecule has 9 heteroatoms. The van der Waals surface area contributed by atoms with Gasteiger partial charge in [0, 0.05) is 20.9 Å². The van der Waals surface area contributed by atoms with E-state index in [9.17, 15) is 9.59 Å². The number of carbonyl (C=O) groups is 1. The van der Waals surface area contributed by atoms with Crippen LogP contribution in [0.15, 0.2) is 55.2 Å². The van der Waals surface area contributed by atoms with E-state index in [1.54, 1.807) is 38.1 Å². The van der Waals surface area contributed by atoms with Gasteiger partial charge in [0.1, 0.15) is 11.6 Å². The van der Waals surface area contributed by atoms with Gasteiger partial charge >= 0.3 is 5.97 Å². The van der Waals surface area contributed by atoms with Gasteiger partial charge in [-0.15, -0.1) is 0 Å². The SMILES string of the molecule is CCCCc1nc2ccc(Br)cc2c(=O)n1N=Cc1cc(Br)ccc1OCC(=O)OC(C)C. The van der Waals surface area contributed by atoms with Crippen molar-refractivity contribution in [2.24, 2.45) is 5.10 Å². The Morgan fingerprint density at radius 3 is 2.64 bits per heavy atom. The number of benzene rings is 2. The van der Waals surface area contributed by atoms with E-state index in [1.807, 2.05) is 12.1 Å². The molecule has 3 aromatic rings. The molecular weight excluding hydrogens is 554 g/mol. The van der Waals surface area contributed by atoms with Gasteiger partial charge in [0.15, 0.2) is 6.61 Å². The van der Waals surface area contributed by atoms with Crippen LogP contribution in [-0.4, -0.2) is 34.6 Å². The molecular formula is C24H25Br2N3O4. The van der Waals surface area contributed by atoms with E-state index >= 15 is 0 Å². The van der Waals surface area contributed by atoms with Crippen LogP contribution < -0.4 is 10.3 Å². The van der Waals surface area contributed by atoms with Crippen LogP contribution in [0.25, 0.3) is 10.9 Å². The van der Waals surface area contributed by atoms with Gasteiger partial charge in [-0.05, 0) is 56.7 Å². The number of halogens is 2. The molecule has 1 aromatic heterocycles. The maximum Gasteiger partial charge on any atom is 0.344 e. The van der Waals surface area contributed by atoms with E-state index in [0.29, 0.717) is 34.5 Å². The predicted octanol–water partition coefficient (Wildman–Crippen LogP) is 5.48. The Morgan fingerprint density at radius 1 is 1.18 bits per heavy atom. The summed E-state index contributed by atoms with van der Waals surface area (Å²) in [6, 6.07) is 10.8. The molecule has 0 atom stereocenters. The fraction of sp³-hybridized carbons (Fsp3) is 0.333. The van der Waals surface area contributed by atoms with Crippen LogP contribution in [0.4, 0.5) is 0 Å². The third-order valence-corrected chi connectivity index (χ3v) is 5.61. The average molecular weight is 579 g/mol. The molecule has 0 aliphatic carbocycles. The molecule has 0 fully saturated rings. The summed E-state index contributed by atoms with van der Waals surface area (Å²) in [6.07, 6.45) is 3.79. The summed E-state index contributed by atoms with van der Waals surface area (Å²) in [5.74, 6) is 0.575. The van der Waals surface area contributed by atoms with Crippen LogP contribution in [0, 0.1) is 0 Å². The van der Waals surface area contributed by atoms with E-state index < -0.39 is 5.97 Å². The first-order valence-corrected chi connectivity index (χ1v) is 12.2. The zero-order valence-corrected chi connectivity index (χ0v) is 21.8. The van der Waals surface area contributed by atoms with Crippen molar-refractivity contribution < 1.29 is 14.3 Å². The quantitative estimate of drug-likeness (QED) is 0.248. The number of unbranched alkanes of at least 4 members (excludes halogenated alkanes) is 1. The van der Waals surface area contributed by atoms with E-state index in [-0.39, 0.29) is 18.3 Å². The monoisotopic (exact) mass is 577 g/mol. The number of esters is 1. The molecule has 174 valence electrons. The average Bonchev–Trinajstić information content (AvgIpc) is 2.76. The highest BCUT2D eigenvalue weighted by Crippen LogP contribution is 2.22. The summed E-state index contributed by atoms with van der Waals surface area (Å²) < 4.78 is 13.7. The molecule has 0 spiro atoms. The Balaban J connectivity index is 1.99. The Morgan fingerprint density at radius 2 is 1.91 bits per heavy atom. The number of fused-ring (bicyclic) bond motifs is 1. The van der Waals surface area contributed by atoms with Crippen molar-refractivity contribution in [3.8, 4) is 5.75 Å². The Bertz CT molecular complexity index is 1240. The fourth-order valence-electron chi connectivity index (χ4n) is 3.12. The van der Waals surface area contributed by atoms with Crippen LogP contribution in [-0.2, 0) is 16.0 Å². The van der Waals surface area contributed by atoms with Crippen molar-refractivity contribution in [1.29, 1.82) is 0 Å². The van der Waals surface area contributed by atoms with Crippen LogP contribution in [0.2, 0.25) is 0 Å². The number of nitrogens with zero attached hydrogens (tertiary/aromatic N) is 3. The lowest BCUT2D eigenvalue weighted by atomic mass is 10.2. The molecule has 3 rings (SSSR count). The molecule has 0 amide bonds. The molecule has 33 heavy (non-hydrogen) atoms. The molecule has 0 aliphatic rings. The molecule has 7 nitrogen and oxygen atoms in total. The van der Waals surface area contributed by atoms with E-state index in [2.05, 4.69) is 48.9 Å². The highest BCUT2D eigenvalue weighted by Gasteiger charge is 2.12. The highest BCUT2D eigenvalue weighted by molar-refractivity contribution is 9.10. The second kappa shape index (κ2) is 11.6. The van der Waals surface area contributed by atoms with Gasteiger partial charge in [0.2, 0.25) is 0 Å². The molecule has 2 aromatic carbocycles. The second-order valence-corrected chi connectivity index (χ2v) is 9.50. The number of aryl methyl sites for hydroxylation is 1. The normalized spacial score (nSPS) is 11.5. The summed E-state index contributed by atoms with van der Waals surface area (Å²) in [4.78, 5) is 29.8. The van der Waals surface area contributed by atoms with Gasteiger partial charge in [-0.2, -0.15) is 9.78 Å². The maximum absolute atomic E-state index is 13.2. The van der Waals surface area contributed by atoms with Crippen molar-refractivity contribution in [2.45, 2.75) is 46.1 Å². The van der Waals surface area contributed by atoms with Gasteiger partial charge in [-0.25, -0.2) is 9.78 Å². The first kappa shape index (κ1) is 25.1. The number of ether oxygens (including phenoxy) is 2. The van der Waals surface area contributed by atoms with E-state index in [0.717, 1.165) is 21.8 Å². The smallest absolute Gasteiger partial charge is 0.344 e. The topological polar surface area (TPSA) is 82.8 Å². The van der Waals surface area contributed by atoms with Gasteiger partial charge in [0.25, 0.3) is 5.56 Å². The largest absolute Gasteiger partial charge is 0.481 e. The number of hydrogen-bond donors (Lipinski definition) is 0. The maximum atomic E-state index is 13.2. The zero-order valence-electron chi connectivity index (χ0n) is 18.7. The van der Waals surface area contributed by atoms with Gasteiger partial charge in [-0.3, -0.25) is 4.79 Å². The first-order chi connectivity index (χ1) is 15.8. The lowest BCUT2D eigenvalue weighted by Gasteiger charge is -2.12. The van der Waals surface area contributed by atoms with Crippen LogP contribution in [0.3, 0.4) is 0 Å². The third-order valence-electron chi connectivity index (χ3n) is 4.63. The van der Waals surface area contributed by atoms with Crippen LogP contribution >= 0.6 is 31.9 Å². The van der Waals surface area contributed by atoms with Gasteiger partial charge in [0.05, 0.1) is 23.2 Å². The fourth-order valence-corrected chi connectivity index (χ4v) is 3.86. The molecule has 0 N–H and O–H groups in total. The number of carbonyl (C=O) groups excluding carboxylic acids is 1. The molecule has 0 saturated heterocycles. The minimum absolute atomic E-state index is 0.221. The molecule has 0 saturated carbocycles. The molecule has 0 unspecified atom stereocenters. The lowest BCUT2D eigenvalue weighted by Crippen LogP contribution is -2.22. The molecule has 0 bridgehead atoms. The Kier molecular flexibility index (Phi) is 8.80. The van der Waals surface area contributed by atoms with Crippen molar-refractivity contribution in [1.82, 2.24) is 9.66 Å². The van der Waals surface area contributed by atoms with Gasteiger partial charge < -0.3 is 9.47 Å².